The smallest absolute Gasteiger partial charge is 0.281 e. The Labute approximate surface area is 152 Å². The summed E-state index contributed by atoms with van der Waals surface area (Å²) in [4.78, 5) is 33.9. The van der Waals surface area contributed by atoms with Gasteiger partial charge in [0.2, 0.25) is 5.91 Å². The quantitative estimate of drug-likeness (QED) is 0.900. The number of nitrogens with zero attached hydrogens (tertiary/aromatic N) is 5. The standard InChI is InChI=1S/C18H26N6O2/c1-12-19-16-15(17(25)20-12)21-22-24(16)11-13-6-5-9-23(10-13)18(26)14-7-3-2-4-8-14/h13-14H,2-11H2,1H3,(H,19,20,25)/t13-/m1/s1. The molecular weight excluding hydrogens is 332 g/mol. The Balaban J connectivity index is 1.47. The first-order chi connectivity index (χ1) is 12.6. The summed E-state index contributed by atoms with van der Waals surface area (Å²) in [6, 6.07) is 0. The third-order valence-electron chi connectivity index (χ3n) is 5.71. The lowest BCUT2D eigenvalue weighted by Gasteiger charge is -2.35. The molecule has 2 fully saturated rings. The number of H-pyrrole nitrogens is 1. The molecule has 0 unspecified atom stereocenters. The highest BCUT2D eigenvalue weighted by molar-refractivity contribution is 5.79. The second-order valence-electron chi connectivity index (χ2n) is 7.72. The fourth-order valence-corrected chi connectivity index (χ4v) is 4.37. The summed E-state index contributed by atoms with van der Waals surface area (Å²) in [5.74, 6) is 1.44. The number of carbonyl (C=O) groups excluding carboxylic acids is 1. The van der Waals surface area contributed by atoms with E-state index in [1.54, 1.807) is 11.6 Å². The molecule has 0 radical (unpaired) electrons. The summed E-state index contributed by atoms with van der Waals surface area (Å²) in [5, 5.41) is 8.11. The third-order valence-corrected chi connectivity index (χ3v) is 5.71. The van der Waals surface area contributed by atoms with Crippen LogP contribution < -0.4 is 5.56 Å². The Hall–Kier alpha value is -2.25. The van der Waals surface area contributed by atoms with E-state index < -0.39 is 0 Å². The first kappa shape index (κ1) is 17.2. The van der Waals surface area contributed by atoms with E-state index in [2.05, 4.69) is 25.2 Å². The first-order valence-electron chi connectivity index (χ1n) is 9.70. The van der Waals surface area contributed by atoms with Crippen LogP contribution in [0.15, 0.2) is 4.79 Å². The largest absolute Gasteiger partial charge is 0.342 e. The van der Waals surface area contributed by atoms with Crippen molar-refractivity contribution in [3.05, 3.63) is 16.2 Å². The van der Waals surface area contributed by atoms with E-state index >= 15 is 0 Å². The molecule has 2 aliphatic rings. The fourth-order valence-electron chi connectivity index (χ4n) is 4.37. The zero-order valence-electron chi connectivity index (χ0n) is 15.3. The van der Waals surface area contributed by atoms with Gasteiger partial charge in [-0.05, 0) is 38.5 Å². The van der Waals surface area contributed by atoms with Crippen LogP contribution >= 0.6 is 0 Å². The highest BCUT2D eigenvalue weighted by atomic mass is 16.2. The molecule has 1 aliphatic carbocycles. The van der Waals surface area contributed by atoms with Crippen LogP contribution in [0.4, 0.5) is 0 Å². The van der Waals surface area contributed by atoms with Crippen molar-refractivity contribution in [2.45, 2.75) is 58.4 Å². The minimum absolute atomic E-state index is 0.220. The van der Waals surface area contributed by atoms with Gasteiger partial charge in [0.15, 0.2) is 11.2 Å². The second kappa shape index (κ2) is 7.17. The molecule has 26 heavy (non-hydrogen) atoms. The average molecular weight is 358 g/mol. The van der Waals surface area contributed by atoms with E-state index in [-0.39, 0.29) is 17.0 Å². The SMILES string of the molecule is Cc1nc2c(nnn2C[C@@H]2CCCN(C(=O)C3CCCCC3)C2)c(=O)[nH]1. The maximum Gasteiger partial charge on any atom is 0.281 e. The van der Waals surface area contributed by atoms with E-state index in [1.807, 2.05) is 0 Å². The molecule has 4 rings (SSSR count). The minimum atomic E-state index is -0.253. The van der Waals surface area contributed by atoms with Crippen LogP contribution in [0.3, 0.4) is 0 Å². The predicted octanol–water partition coefficient (Wildman–Crippen LogP) is 1.64. The summed E-state index contributed by atoms with van der Waals surface area (Å²) in [5.41, 5.74) is 0.556. The normalized spacial score (nSPS) is 22.0. The summed E-state index contributed by atoms with van der Waals surface area (Å²) in [7, 11) is 0. The third kappa shape index (κ3) is 3.37. The van der Waals surface area contributed by atoms with Gasteiger partial charge in [0.25, 0.3) is 5.56 Å². The highest BCUT2D eigenvalue weighted by Gasteiger charge is 2.30. The molecule has 1 atom stereocenters. The molecular formula is C18H26N6O2. The van der Waals surface area contributed by atoms with Crippen molar-refractivity contribution in [1.82, 2.24) is 29.9 Å². The van der Waals surface area contributed by atoms with Crippen molar-refractivity contribution < 1.29 is 4.79 Å². The van der Waals surface area contributed by atoms with Crippen molar-refractivity contribution in [3.8, 4) is 0 Å². The number of rotatable bonds is 3. The van der Waals surface area contributed by atoms with Gasteiger partial charge in [-0.15, -0.1) is 5.10 Å². The Kier molecular flexibility index (Phi) is 4.74. The lowest BCUT2D eigenvalue weighted by atomic mass is 9.87. The van der Waals surface area contributed by atoms with Crippen molar-refractivity contribution in [1.29, 1.82) is 0 Å². The Morgan fingerprint density at radius 1 is 1.19 bits per heavy atom. The molecule has 1 saturated carbocycles. The molecule has 1 N–H and O–H groups in total. The number of nitrogens with one attached hydrogen (secondary N) is 1. The number of aryl methyl sites for hydroxylation is 1. The number of hydrogen-bond donors (Lipinski definition) is 1. The lowest BCUT2D eigenvalue weighted by molar-refractivity contribution is -0.138. The summed E-state index contributed by atoms with van der Waals surface area (Å²) in [6.45, 7) is 4.02. The van der Waals surface area contributed by atoms with E-state index in [4.69, 9.17) is 0 Å². The Bertz CT molecular complexity index is 851. The first-order valence-corrected chi connectivity index (χ1v) is 9.70. The van der Waals surface area contributed by atoms with Gasteiger partial charge in [0.1, 0.15) is 5.82 Å². The molecule has 2 aromatic rings. The number of aromatic amines is 1. The Morgan fingerprint density at radius 2 is 2.00 bits per heavy atom. The molecule has 2 aromatic heterocycles. The number of hydrogen-bond acceptors (Lipinski definition) is 5. The van der Waals surface area contributed by atoms with Crippen LogP contribution in [0.5, 0.6) is 0 Å². The van der Waals surface area contributed by atoms with E-state index in [1.165, 1.54) is 19.3 Å². The number of likely N-dealkylation sites (tertiary alicyclic amines) is 1. The lowest BCUT2D eigenvalue weighted by Crippen LogP contribution is -2.44. The molecule has 0 bridgehead atoms. The number of aromatic nitrogens is 5. The molecule has 140 valence electrons. The molecule has 3 heterocycles. The number of piperidine rings is 1. The molecule has 1 saturated heterocycles. The van der Waals surface area contributed by atoms with Crippen molar-refractivity contribution >= 4 is 17.1 Å². The fraction of sp³-hybridized carbons (Fsp3) is 0.722. The zero-order chi connectivity index (χ0) is 18.1. The maximum absolute atomic E-state index is 12.8. The molecule has 1 aliphatic heterocycles. The van der Waals surface area contributed by atoms with Crippen molar-refractivity contribution in [3.63, 3.8) is 0 Å². The van der Waals surface area contributed by atoms with Gasteiger partial charge in [-0.2, -0.15) is 0 Å². The number of carbonyl (C=O) groups is 1. The van der Waals surface area contributed by atoms with Gasteiger partial charge in [-0.3, -0.25) is 9.59 Å². The van der Waals surface area contributed by atoms with Crippen LogP contribution in [0.1, 0.15) is 50.8 Å². The van der Waals surface area contributed by atoms with Crippen molar-refractivity contribution in [2.24, 2.45) is 11.8 Å². The van der Waals surface area contributed by atoms with Gasteiger partial charge >= 0.3 is 0 Å². The summed E-state index contributed by atoms with van der Waals surface area (Å²) >= 11 is 0. The molecule has 8 heteroatoms. The predicted molar refractivity (Wildman–Crippen MR) is 96.6 cm³/mol. The summed E-state index contributed by atoms with van der Waals surface area (Å²) in [6.07, 6.45) is 7.77. The van der Waals surface area contributed by atoms with Gasteiger partial charge in [0, 0.05) is 25.6 Å². The molecule has 0 aromatic carbocycles. The van der Waals surface area contributed by atoms with Crippen LogP contribution in [0.25, 0.3) is 11.2 Å². The van der Waals surface area contributed by atoms with E-state index in [0.29, 0.717) is 29.8 Å². The van der Waals surface area contributed by atoms with Crippen LogP contribution in [0, 0.1) is 18.8 Å². The van der Waals surface area contributed by atoms with Gasteiger partial charge < -0.3 is 9.88 Å². The van der Waals surface area contributed by atoms with Crippen LogP contribution in [-0.4, -0.2) is 48.9 Å². The maximum atomic E-state index is 12.8. The van der Waals surface area contributed by atoms with Crippen molar-refractivity contribution in [2.75, 3.05) is 13.1 Å². The number of fused-ring (bicyclic) bond motifs is 1. The van der Waals surface area contributed by atoms with Crippen LogP contribution in [0.2, 0.25) is 0 Å². The van der Waals surface area contributed by atoms with Gasteiger partial charge in [0.05, 0.1) is 0 Å². The average Bonchev–Trinajstić information content (AvgIpc) is 3.05. The zero-order valence-corrected chi connectivity index (χ0v) is 15.3. The molecule has 8 nitrogen and oxygen atoms in total. The topological polar surface area (TPSA) is 96.8 Å². The molecule has 1 amide bonds. The summed E-state index contributed by atoms with van der Waals surface area (Å²) < 4.78 is 1.72. The van der Waals surface area contributed by atoms with Crippen LogP contribution in [-0.2, 0) is 11.3 Å². The van der Waals surface area contributed by atoms with E-state index in [0.717, 1.165) is 38.8 Å². The van der Waals surface area contributed by atoms with Gasteiger partial charge in [-0.25, -0.2) is 9.67 Å². The second-order valence-corrected chi connectivity index (χ2v) is 7.72. The monoisotopic (exact) mass is 358 g/mol. The minimum Gasteiger partial charge on any atom is -0.342 e. The Morgan fingerprint density at radius 3 is 2.81 bits per heavy atom. The van der Waals surface area contributed by atoms with E-state index in [9.17, 15) is 9.59 Å². The van der Waals surface area contributed by atoms with Gasteiger partial charge in [-0.1, -0.05) is 24.5 Å². The molecule has 0 spiro atoms. The highest BCUT2D eigenvalue weighted by Crippen LogP contribution is 2.28. The number of amides is 1.